The number of carbonyl (C=O) groups excluding carboxylic acids is 2. The minimum Gasteiger partial charge on any atom is -0.465 e. The second-order valence-corrected chi connectivity index (χ2v) is 7.34. The highest BCUT2D eigenvalue weighted by Gasteiger charge is 2.34. The largest absolute Gasteiger partial charge is 0.465 e. The van der Waals surface area contributed by atoms with E-state index in [1.54, 1.807) is 0 Å². The zero-order valence-electron chi connectivity index (χ0n) is 16.6. The first-order valence-electron chi connectivity index (χ1n) is 10.1. The Morgan fingerprint density at radius 3 is 2.38 bits per heavy atom. The molecule has 0 radical (unpaired) electrons. The van der Waals surface area contributed by atoms with Crippen molar-refractivity contribution in [2.75, 3.05) is 19.7 Å². The first kappa shape index (κ1) is 23.2. The van der Waals surface area contributed by atoms with Crippen molar-refractivity contribution in [2.24, 2.45) is 5.92 Å². The van der Waals surface area contributed by atoms with Gasteiger partial charge in [-0.3, -0.25) is 9.59 Å². The first-order chi connectivity index (χ1) is 13.7. The van der Waals surface area contributed by atoms with Gasteiger partial charge in [0.2, 0.25) is 0 Å². The van der Waals surface area contributed by atoms with Crippen molar-refractivity contribution >= 4 is 11.9 Å². The molecule has 1 saturated heterocycles. The number of unbranched alkanes of at least 4 members (excludes halogenated alkanes) is 4. The van der Waals surface area contributed by atoms with Gasteiger partial charge < -0.3 is 9.64 Å². The number of likely N-dealkylation sites (tertiary alicyclic amines) is 1. The van der Waals surface area contributed by atoms with E-state index in [-0.39, 0.29) is 25.0 Å². The average Bonchev–Trinajstić information content (AvgIpc) is 2.69. The molecule has 1 fully saturated rings. The number of piperidine rings is 1. The summed E-state index contributed by atoms with van der Waals surface area (Å²) in [6, 6.07) is 1.80. The Balaban J connectivity index is 1.84. The lowest BCUT2D eigenvalue weighted by Crippen LogP contribution is -2.41. The standard InChI is InChI=1S/C21H27F4NO3/c1-2-3-4-5-6-13-29-20(28)15-9-11-26(12-10-15)19(27)17-14-16(21(23,24)25)7-8-18(17)22/h7-8,14-15H,2-6,9-13H2,1H3. The lowest BCUT2D eigenvalue weighted by Gasteiger charge is -2.31. The van der Waals surface area contributed by atoms with Gasteiger partial charge in [-0.2, -0.15) is 13.2 Å². The molecule has 2 rings (SSSR count). The number of ether oxygens (including phenoxy) is 1. The number of alkyl halides is 3. The maximum atomic E-state index is 13.9. The number of amides is 1. The van der Waals surface area contributed by atoms with Crippen LogP contribution >= 0.6 is 0 Å². The van der Waals surface area contributed by atoms with Crippen molar-refractivity contribution in [1.82, 2.24) is 4.90 Å². The molecule has 1 aliphatic heterocycles. The van der Waals surface area contributed by atoms with Crippen LogP contribution in [0.15, 0.2) is 18.2 Å². The summed E-state index contributed by atoms with van der Waals surface area (Å²) in [5, 5.41) is 0. The summed E-state index contributed by atoms with van der Waals surface area (Å²) in [7, 11) is 0. The minimum absolute atomic E-state index is 0.171. The molecule has 1 aliphatic rings. The average molecular weight is 417 g/mol. The van der Waals surface area contributed by atoms with Crippen molar-refractivity contribution in [1.29, 1.82) is 0 Å². The zero-order chi connectivity index (χ0) is 21.4. The molecule has 1 aromatic carbocycles. The van der Waals surface area contributed by atoms with Crippen LogP contribution in [0.4, 0.5) is 17.6 Å². The third-order valence-electron chi connectivity index (χ3n) is 5.13. The minimum atomic E-state index is -4.66. The Kier molecular flexibility index (Phi) is 8.46. The third-order valence-corrected chi connectivity index (χ3v) is 5.13. The Bertz CT molecular complexity index is 698. The summed E-state index contributed by atoms with van der Waals surface area (Å²) in [5.41, 5.74) is -1.67. The highest BCUT2D eigenvalue weighted by atomic mass is 19.4. The smallest absolute Gasteiger partial charge is 0.416 e. The molecule has 0 unspecified atom stereocenters. The number of halogens is 4. The number of hydrogen-bond donors (Lipinski definition) is 0. The summed E-state index contributed by atoms with van der Waals surface area (Å²) in [6.45, 7) is 2.84. The van der Waals surface area contributed by atoms with E-state index in [1.807, 2.05) is 0 Å². The molecule has 4 nitrogen and oxygen atoms in total. The van der Waals surface area contributed by atoms with E-state index in [1.165, 1.54) is 4.90 Å². The Morgan fingerprint density at radius 1 is 1.10 bits per heavy atom. The molecule has 162 valence electrons. The van der Waals surface area contributed by atoms with Crippen molar-refractivity contribution < 1.29 is 31.9 Å². The van der Waals surface area contributed by atoms with Crippen LogP contribution in [0.5, 0.6) is 0 Å². The van der Waals surface area contributed by atoms with E-state index in [9.17, 15) is 27.2 Å². The molecular weight excluding hydrogens is 390 g/mol. The number of carbonyl (C=O) groups is 2. The lowest BCUT2D eigenvalue weighted by molar-refractivity contribution is -0.150. The van der Waals surface area contributed by atoms with E-state index < -0.39 is 29.0 Å². The molecule has 0 aromatic heterocycles. The van der Waals surface area contributed by atoms with Crippen LogP contribution in [-0.4, -0.2) is 36.5 Å². The van der Waals surface area contributed by atoms with E-state index in [0.717, 1.165) is 32.1 Å². The predicted octanol–water partition coefficient (Wildman–Crippen LogP) is 5.21. The van der Waals surface area contributed by atoms with Crippen molar-refractivity contribution in [3.63, 3.8) is 0 Å². The fourth-order valence-electron chi connectivity index (χ4n) is 3.35. The van der Waals surface area contributed by atoms with Gasteiger partial charge >= 0.3 is 12.1 Å². The van der Waals surface area contributed by atoms with E-state index in [0.29, 0.717) is 37.6 Å². The predicted molar refractivity (Wildman–Crippen MR) is 99.7 cm³/mol. The number of nitrogens with zero attached hydrogens (tertiary/aromatic N) is 1. The Hall–Kier alpha value is -2.12. The Morgan fingerprint density at radius 2 is 1.76 bits per heavy atom. The van der Waals surface area contributed by atoms with Crippen LogP contribution in [-0.2, 0) is 15.7 Å². The van der Waals surface area contributed by atoms with Gasteiger partial charge in [0, 0.05) is 13.1 Å². The fourth-order valence-corrected chi connectivity index (χ4v) is 3.35. The normalized spacial score (nSPS) is 15.4. The molecule has 29 heavy (non-hydrogen) atoms. The van der Waals surface area contributed by atoms with Crippen molar-refractivity contribution in [3.8, 4) is 0 Å². The number of rotatable bonds is 8. The molecule has 1 heterocycles. The highest BCUT2D eigenvalue weighted by Crippen LogP contribution is 2.31. The first-order valence-corrected chi connectivity index (χ1v) is 10.1. The summed E-state index contributed by atoms with van der Waals surface area (Å²) < 4.78 is 57.7. The highest BCUT2D eigenvalue weighted by molar-refractivity contribution is 5.95. The van der Waals surface area contributed by atoms with Gasteiger partial charge in [-0.25, -0.2) is 4.39 Å². The van der Waals surface area contributed by atoms with E-state index in [4.69, 9.17) is 4.74 Å². The van der Waals surface area contributed by atoms with Crippen LogP contribution in [0.1, 0.15) is 67.8 Å². The van der Waals surface area contributed by atoms with Crippen LogP contribution in [0.2, 0.25) is 0 Å². The fraction of sp³-hybridized carbons (Fsp3) is 0.619. The molecule has 8 heteroatoms. The quantitative estimate of drug-likeness (QED) is 0.331. The van der Waals surface area contributed by atoms with Crippen molar-refractivity contribution in [3.05, 3.63) is 35.1 Å². The van der Waals surface area contributed by atoms with Crippen molar-refractivity contribution in [2.45, 2.75) is 58.0 Å². The van der Waals surface area contributed by atoms with E-state index >= 15 is 0 Å². The van der Waals surface area contributed by atoms with Gasteiger partial charge in [-0.1, -0.05) is 32.6 Å². The van der Waals surface area contributed by atoms with Gasteiger partial charge in [-0.15, -0.1) is 0 Å². The molecule has 0 N–H and O–H groups in total. The maximum Gasteiger partial charge on any atom is 0.416 e. The van der Waals surface area contributed by atoms with Crippen LogP contribution in [0.3, 0.4) is 0 Å². The molecule has 1 amide bonds. The van der Waals surface area contributed by atoms with Crippen LogP contribution < -0.4 is 0 Å². The topological polar surface area (TPSA) is 46.6 Å². The Labute approximate surface area is 168 Å². The van der Waals surface area contributed by atoms with Gasteiger partial charge in [0.25, 0.3) is 5.91 Å². The number of hydrogen-bond acceptors (Lipinski definition) is 3. The molecule has 0 spiro atoms. The monoisotopic (exact) mass is 417 g/mol. The van der Waals surface area contributed by atoms with Crippen LogP contribution in [0, 0.1) is 11.7 Å². The lowest BCUT2D eigenvalue weighted by atomic mass is 9.96. The van der Waals surface area contributed by atoms with Gasteiger partial charge in [0.05, 0.1) is 23.7 Å². The zero-order valence-corrected chi connectivity index (χ0v) is 16.6. The van der Waals surface area contributed by atoms with E-state index in [2.05, 4.69) is 6.92 Å². The molecule has 0 bridgehead atoms. The second-order valence-electron chi connectivity index (χ2n) is 7.34. The summed E-state index contributed by atoms with van der Waals surface area (Å²) in [4.78, 5) is 25.9. The van der Waals surface area contributed by atoms with Gasteiger partial charge in [-0.05, 0) is 37.5 Å². The SMILES string of the molecule is CCCCCCCOC(=O)C1CCN(C(=O)c2cc(C(F)(F)F)ccc2F)CC1. The number of benzene rings is 1. The van der Waals surface area contributed by atoms with Gasteiger partial charge in [0.1, 0.15) is 5.82 Å². The summed E-state index contributed by atoms with van der Waals surface area (Å²) in [5.74, 6) is -2.44. The number of esters is 1. The maximum absolute atomic E-state index is 13.9. The second kappa shape index (κ2) is 10.6. The van der Waals surface area contributed by atoms with Gasteiger partial charge in [0.15, 0.2) is 0 Å². The molecule has 1 aromatic rings. The molecular formula is C21H27F4NO3. The summed E-state index contributed by atoms with van der Waals surface area (Å²) >= 11 is 0. The molecule has 0 saturated carbocycles. The molecule has 0 atom stereocenters. The molecule has 0 aliphatic carbocycles. The summed E-state index contributed by atoms with van der Waals surface area (Å²) in [6.07, 6.45) is 1.28. The third kappa shape index (κ3) is 6.72. The van der Waals surface area contributed by atoms with Crippen LogP contribution in [0.25, 0.3) is 0 Å².